The van der Waals surface area contributed by atoms with E-state index in [2.05, 4.69) is 5.32 Å². The third-order valence-corrected chi connectivity index (χ3v) is 4.20. The van der Waals surface area contributed by atoms with Gasteiger partial charge in [-0.05, 0) is 32.3 Å². The van der Waals surface area contributed by atoms with Crippen molar-refractivity contribution in [2.75, 3.05) is 19.8 Å². The Labute approximate surface area is 135 Å². The van der Waals surface area contributed by atoms with E-state index in [-0.39, 0.29) is 18.6 Å². The molecule has 5 nitrogen and oxygen atoms in total. The topological polar surface area (TPSA) is 60.7 Å². The molecule has 1 amide bonds. The van der Waals surface area contributed by atoms with Gasteiger partial charge in [0.05, 0.1) is 19.3 Å². The Kier molecular flexibility index (Phi) is 5.31. The molecule has 0 bridgehead atoms. The van der Waals surface area contributed by atoms with Crippen LogP contribution < -0.4 is 5.32 Å². The number of carbonyl (C=O) groups excluding carboxylic acids is 1. The van der Waals surface area contributed by atoms with Gasteiger partial charge in [-0.15, -0.1) is 0 Å². The molecule has 1 aromatic carbocycles. The lowest BCUT2D eigenvalue weighted by Crippen LogP contribution is -2.30. The van der Waals surface area contributed by atoms with Crippen molar-refractivity contribution >= 4 is 16.9 Å². The molecule has 1 N–H and O–H groups in total. The van der Waals surface area contributed by atoms with Crippen LogP contribution >= 0.6 is 0 Å². The quantitative estimate of drug-likeness (QED) is 0.890. The highest BCUT2D eigenvalue weighted by Crippen LogP contribution is 2.24. The van der Waals surface area contributed by atoms with Gasteiger partial charge in [0.1, 0.15) is 18.0 Å². The lowest BCUT2D eigenvalue weighted by Gasteiger charge is -2.22. The van der Waals surface area contributed by atoms with E-state index in [9.17, 15) is 4.79 Å². The maximum atomic E-state index is 11.9. The number of carbonyl (C=O) groups is 1. The molecule has 2 aromatic rings. The highest BCUT2D eigenvalue weighted by Gasteiger charge is 2.15. The van der Waals surface area contributed by atoms with Crippen LogP contribution in [-0.2, 0) is 20.8 Å². The Morgan fingerprint density at radius 1 is 1.35 bits per heavy atom. The first-order valence-electron chi connectivity index (χ1n) is 8.17. The molecule has 5 heteroatoms. The number of hydrogen-bond donors (Lipinski definition) is 1. The number of ether oxygens (including phenoxy) is 2. The standard InChI is InChI=1S/C18H23NO4/c1-13-15-7-2-3-8-16(15)23-17(13)10-19-18(20)12-21-11-14-6-4-5-9-22-14/h2-3,7-8,14H,4-6,9-12H2,1H3,(H,19,20)/t14-/m1/s1. The Morgan fingerprint density at radius 2 is 2.22 bits per heavy atom. The molecule has 1 aliphatic heterocycles. The maximum absolute atomic E-state index is 11.9. The SMILES string of the molecule is Cc1c(CNC(=O)COC[C@H]2CCCCO2)oc2ccccc12. The molecule has 23 heavy (non-hydrogen) atoms. The van der Waals surface area contributed by atoms with E-state index in [4.69, 9.17) is 13.9 Å². The smallest absolute Gasteiger partial charge is 0.246 e. The van der Waals surface area contributed by atoms with Crippen molar-refractivity contribution in [2.45, 2.75) is 38.8 Å². The van der Waals surface area contributed by atoms with E-state index in [0.29, 0.717) is 13.2 Å². The van der Waals surface area contributed by atoms with E-state index in [1.54, 1.807) is 0 Å². The molecule has 0 saturated carbocycles. The van der Waals surface area contributed by atoms with Gasteiger partial charge in [-0.3, -0.25) is 4.79 Å². The van der Waals surface area contributed by atoms with E-state index in [1.165, 1.54) is 6.42 Å². The van der Waals surface area contributed by atoms with Crippen LogP contribution in [0.4, 0.5) is 0 Å². The summed E-state index contributed by atoms with van der Waals surface area (Å²) in [4.78, 5) is 11.9. The van der Waals surface area contributed by atoms with E-state index in [1.807, 2.05) is 31.2 Å². The summed E-state index contributed by atoms with van der Waals surface area (Å²) in [5.41, 5.74) is 1.91. The molecule has 0 spiro atoms. The van der Waals surface area contributed by atoms with Crippen molar-refractivity contribution in [3.8, 4) is 0 Å². The summed E-state index contributed by atoms with van der Waals surface area (Å²) < 4.78 is 16.8. The summed E-state index contributed by atoms with van der Waals surface area (Å²) in [7, 11) is 0. The van der Waals surface area contributed by atoms with Crippen LogP contribution in [-0.4, -0.2) is 31.8 Å². The molecule has 1 fully saturated rings. The number of fused-ring (bicyclic) bond motifs is 1. The minimum Gasteiger partial charge on any atom is -0.459 e. The van der Waals surface area contributed by atoms with E-state index < -0.39 is 0 Å². The van der Waals surface area contributed by atoms with Crippen molar-refractivity contribution < 1.29 is 18.7 Å². The van der Waals surface area contributed by atoms with E-state index >= 15 is 0 Å². The van der Waals surface area contributed by atoms with Crippen molar-refractivity contribution in [1.82, 2.24) is 5.32 Å². The molecule has 0 unspecified atom stereocenters. The second-order valence-corrected chi connectivity index (χ2v) is 5.93. The Balaban J connectivity index is 1.43. The first kappa shape index (κ1) is 16.0. The molecule has 0 radical (unpaired) electrons. The molecular formula is C18H23NO4. The fraction of sp³-hybridized carbons (Fsp3) is 0.500. The van der Waals surface area contributed by atoms with Gasteiger partial charge in [0.25, 0.3) is 0 Å². The predicted octanol–water partition coefficient (Wildman–Crippen LogP) is 2.94. The normalized spacial score (nSPS) is 18.2. The van der Waals surface area contributed by atoms with Gasteiger partial charge in [-0.25, -0.2) is 0 Å². The number of rotatable bonds is 6. The van der Waals surface area contributed by atoms with Crippen LogP contribution in [0, 0.1) is 6.92 Å². The highest BCUT2D eigenvalue weighted by atomic mass is 16.5. The first-order valence-corrected chi connectivity index (χ1v) is 8.17. The number of para-hydroxylation sites is 1. The number of benzene rings is 1. The predicted molar refractivity (Wildman–Crippen MR) is 87.2 cm³/mol. The number of aryl methyl sites for hydroxylation is 1. The number of furan rings is 1. The van der Waals surface area contributed by atoms with Crippen molar-refractivity contribution in [3.63, 3.8) is 0 Å². The zero-order valence-corrected chi connectivity index (χ0v) is 13.5. The monoisotopic (exact) mass is 317 g/mol. The van der Waals surface area contributed by atoms with Gasteiger partial charge < -0.3 is 19.2 Å². The fourth-order valence-corrected chi connectivity index (χ4v) is 2.85. The van der Waals surface area contributed by atoms with Gasteiger partial charge in [0.2, 0.25) is 5.91 Å². The Hall–Kier alpha value is -1.85. The van der Waals surface area contributed by atoms with Crippen LogP contribution in [0.1, 0.15) is 30.6 Å². The van der Waals surface area contributed by atoms with Crippen LogP contribution in [0.15, 0.2) is 28.7 Å². The summed E-state index contributed by atoms with van der Waals surface area (Å²) in [6.07, 6.45) is 3.44. The minimum absolute atomic E-state index is 0.0547. The van der Waals surface area contributed by atoms with Gasteiger partial charge >= 0.3 is 0 Å². The summed E-state index contributed by atoms with van der Waals surface area (Å²) in [6, 6.07) is 7.87. The zero-order chi connectivity index (χ0) is 16.1. The van der Waals surface area contributed by atoms with Crippen molar-refractivity contribution in [3.05, 3.63) is 35.6 Å². The second kappa shape index (κ2) is 7.62. The lowest BCUT2D eigenvalue weighted by atomic mass is 10.1. The number of hydrogen-bond acceptors (Lipinski definition) is 4. The largest absolute Gasteiger partial charge is 0.459 e. The molecule has 1 saturated heterocycles. The molecule has 1 aromatic heterocycles. The van der Waals surface area contributed by atoms with Crippen LogP contribution in [0.3, 0.4) is 0 Å². The molecule has 3 rings (SSSR count). The van der Waals surface area contributed by atoms with Crippen molar-refractivity contribution in [2.24, 2.45) is 0 Å². The average molecular weight is 317 g/mol. The van der Waals surface area contributed by atoms with Crippen molar-refractivity contribution in [1.29, 1.82) is 0 Å². The zero-order valence-electron chi connectivity index (χ0n) is 13.5. The summed E-state index contributed by atoms with van der Waals surface area (Å²) in [5.74, 6) is 0.649. The third-order valence-electron chi connectivity index (χ3n) is 4.20. The summed E-state index contributed by atoms with van der Waals surface area (Å²) in [5, 5.41) is 3.93. The van der Waals surface area contributed by atoms with Gasteiger partial charge in [0, 0.05) is 17.6 Å². The lowest BCUT2D eigenvalue weighted by molar-refractivity contribution is -0.128. The maximum Gasteiger partial charge on any atom is 0.246 e. The molecule has 1 aliphatic rings. The Bertz CT molecular complexity index is 658. The average Bonchev–Trinajstić information content (AvgIpc) is 2.90. The molecular weight excluding hydrogens is 294 g/mol. The molecule has 0 aliphatic carbocycles. The van der Waals surface area contributed by atoms with Gasteiger partial charge in [0.15, 0.2) is 0 Å². The summed E-state index contributed by atoms with van der Waals surface area (Å²) in [6.45, 7) is 3.72. The Morgan fingerprint density at radius 3 is 3.00 bits per heavy atom. The second-order valence-electron chi connectivity index (χ2n) is 5.93. The van der Waals surface area contributed by atoms with Crippen LogP contribution in [0.5, 0.6) is 0 Å². The highest BCUT2D eigenvalue weighted by molar-refractivity contribution is 5.82. The van der Waals surface area contributed by atoms with E-state index in [0.717, 1.165) is 41.7 Å². The molecule has 1 atom stereocenters. The number of nitrogens with one attached hydrogen (secondary N) is 1. The first-order chi connectivity index (χ1) is 11.2. The number of amides is 1. The van der Waals surface area contributed by atoms with Gasteiger partial charge in [-0.2, -0.15) is 0 Å². The third kappa shape index (κ3) is 4.12. The van der Waals surface area contributed by atoms with Crippen LogP contribution in [0.2, 0.25) is 0 Å². The minimum atomic E-state index is -0.138. The summed E-state index contributed by atoms with van der Waals surface area (Å²) >= 11 is 0. The fourth-order valence-electron chi connectivity index (χ4n) is 2.85. The van der Waals surface area contributed by atoms with Gasteiger partial charge in [-0.1, -0.05) is 18.2 Å². The molecule has 124 valence electrons. The molecule has 2 heterocycles. The van der Waals surface area contributed by atoms with Crippen LogP contribution in [0.25, 0.3) is 11.0 Å².